The van der Waals surface area contributed by atoms with E-state index in [0.717, 1.165) is 0 Å². The number of alkyl halides is 6. The normalized spacial score (nSPS) is 17.0. The maximum absolute atomic E-state index is 13.4. The summed E-state index contributed by atoms with van der Waals surface area (Å²) >= 11 is 0. The molecule has 0 atom stereocenters. The molecule has 1 amide bonds. The van der Waals surface area contributed by atoms with Crippen molar-refractivity contribution >= 4 is 15.9 Å². The highest BCUT2D eigenvalue weighted by Gasteiger charge is 2.45. The molecule has 0 saturated carbocycles. The smallest absolute Gasteiger partial charge is 0.352 e. The standard InChI is InChI=1S/C17H20F7N3O3S/c18-14-8-12(7-13(9-14)16(19,20)21)15(28)25-10-11-1-4-27(5-2-11)6-3-26-31(29,30)17(22,23)24/h7-9,11,26H,1-6,10H2,(H,25,28). The Balaban J connectivity index is 1.77. The Morgan fingerprint density at radius 1 is 1.06 bits per heavy atom. The van der Waals surface area contributed by atoms with Gasteiger partial charge in [0, 0.05) is 25.2 Å². The van der Waals surface area contributed by atoms with E-state index in [-0.39, 0.29) is 19.0 Å². The van der Waals surface area contributed by atoms with Crippen molar-refractivity contribution in [1.82, 2.24) is 14.9 Å². The predicted molar refractivity (Wildman–Crippen MR) is 95.9 cm³/mol. The summed E-state index contributed by atoms with van der Waals surface area (Å²) < 4.78 is 112. The molecule has 31 heavy (non-hydrogen) atoms. The zero-order chi connectivity index (χ0) is 23.4. The van der Waals surface area contributed by atoms with Gasteiger partial charge < -0.3 is 10.2 Å². The molecule has 0 radical (unpaired) electrons. The first-order chi connectivity index (χ1) is 14.2. The molecule has 0 unspecified atom stereocenters. The minimum Gasteiger partial charge on any atom is -0.352 e. The molecule has 6 nitrogen and oxygen atoms in total. The lowest BCUT2D eigenvalue weighted by Gasteiger charge is -2.32. The van der Waals surface area contributed by atoms with Crippen molar-refractivity contribution in [1.29, 1.82) is 0 Å². The molecule has 1 aromatic carbocycles. The van der Waals surface area contributed by atoms with Gasteiger partial charge in [-0.2, -0.15) is 26.3 Å². The summed E-state index contributed by atoms with van der Waals surface area (Å²) in [7, 11) is -5.39. The molecule has 0 aliphatic carbocycles. The summed E-state index contributed by atoms with van der Waals surface area (Å²) in [5.74, 6) is -2.08. The van der Waals surface area contributed by atoms with E-state index in [1.54, 1.807) is 4.90 Å². The Labute approximate surface area is 173 Å². The van der Waals surface area contributed by atoms with Crippen LogP contribution in [0.1, 0.15) is 28.8 Å². The van der Waals surface area contributed by atoms with Gasteiger partial charge in [-0.3, -0.25) is 4.79 Å². The molecule has 0 aromatic heterocycles. The van der Waals surface area contributed by atoms with Gasteiger partial charge >= 0.3 is 21.7 Å². The number of likely N-dealkylation sites (tertiary alicyclic amines) is 1. The molecule has 1 heterocycles. The van der Waals surface area contributed by atoms with E-state index < -0.39 is 51.1 Å². The topological polar surface area (TPSA) is 78.5 Å². The van der Waals surface area contributed by atoms with Gasteiger partial charge in [-0.05, 0) is 50.0 Å². The average molecular weight is 479 g/mol. The van der Waals surface area contributed by atoms with E-state index in [1.165, 1.54) is 4.72 Å². The number of hydrogen-bond acceptors (Lipinski definition) is 4. The molecular formula is C17H20F7N3O3S. The molecule has 176 valence electrons. The molecule has 1 saturated heterocycles. The number of nitrogens with zero attached hydrogens (tertiary/aromatic N) is 1. The minimum absolute atomic E-state index is 0.0392. The van der Waals surface area contributed by atoms with E-state index in [4.69, 9.17) is 0 Å². The Kier molecular flexibility index (Phi) is 7.92. The van der Waals surface area contributed by atoms with Crippen molar-refractivity contribution in [3.05, 3.63) is 35.1 Å². The van der Waals surface area contributed by atoms with Crippen LogP contribution in [0.15, 0.2) is 18.2 Å². The predicted octanol–water partition coefficient (Wildman–Crippen LogP) is 2.73. The third kappa shape index (κ3) is 7.31. The summed E-state index contributed by atoms with van der Waals surface area (Å²) in [6, 6.07) is 1.56. The minimum atomic E-state index is -5.39. The van der Waals surface area contributed by atoms with Crippen LogP contribution in [0, 0.1) is 11.7 Å². The number of piperidine rings is 1. The summed E-state index contributed by atoms with van der Waals surface area (Å²) in [6.45, 7) is 0.659. The maximum atomic E-state index is 13.4. The van der Waals surface area contributed by atoms with Crippen molar-refractivity contribution in [2.75, 3.05) is 32.7 Å². The molecule has 2 N–H and O–H groups in total. The van der Waals surface area contributed by atoms with Gasteiger partial charge in [-0.1, -0.05) is 0 Å². The zero-order valence-electron chi connectivity index (χ0n) is 16.0. The van der Waals surface area contributed by atoms with Gasteiger partial charge in [0.25, 0.3) is 5.91 Å². The Morgan fingerprint density at radius 3 is 2.23 bits per heavy atom. The first kappa shape index (κ1) is 25.3. The molecule has 1 aliphatic rings. The number of halogens is 7. The van der Waals surface area contributed by atoms with E-state index in [0.29, 0.717) is 44.1 Å². The monoisotopic (exact) mass is 479 g/mol. The van der Waals surface area contributed by atoms with Crippen LogP contribution >= 0.6 is 0 Å². The van der Waals surface area contributed by atoms with Crippen LogP contribution in [0.25, 0.3) is 0 Å². The Morgan fingerprint density at radius 2 is 1.68 bits per heavy atom. The molecule has 2 rings (SSSR count). The lowest BCUT2D eigenvalue weighted by Crippen LogP contribution is -2.44. The SMILES string of the molecule is O=C(NCC1CCN(CCNS(=O)(=O)C(F)(F)F)CC1)c1cc(F)cc(C(F)(F)F)c1. The Hall–Kier alpha value is -1.93. The van der Waals surface area contributed by atoms with E-state index in [1.807, 2.05) is 0 Å². The number of nitrogens with one attached hydrogen (secondary N) is 2. The number of carbonyl (C=O) groups excluding carboxylic acids is 1. The quantitative estimate of drug-likeness (QED) is 0.590. The first-order valence-corrected chi connectivity index (χ1v) is 10.6. The van der Waals surface area contributed by atoms with Gasteiger partial charge in [-0.15, -0.1) is 0 Å². The second kappa shape index (κ2) is 9.69. The van der Waals surface area contributed by atoms with Crippen molar-refractivity contribution in [2.24, 2.45) is 5.92 Å². The van der Waals surface area contributed by atoms with E-state index in [2.05, 4.69) is 5.32 Å². The number of benzene rings is 1. The van der Waals surface area contributed by atoms with Gasteiger partial charge in [0.15, 0.2) is 0 Å². The van der Waals surface area contributed by atoms with Crippen LogP contribution < -0.4 is 10.0 Å². The average Bonchev–Trinajstić information content (AvgIpc) is 2.65. The van der Waals surface area contributed by atoms with Crippen molar-refractivity contribution < 1.29 is 43.9 Å². The summed E-state index contributed by atoms with van der Waals surface area (Å²) in [5, 5.41) is 2.46. The van der Waals surface area contributed by atoms with Gasteiger partial charge in [0.05, 0.1) is 5.56 Å². The second-order valence-electron chi connectivity index (χ2n) is 7.06. The summed E-state index contributed by atoms with van der Waals surface area (Å²) in [4.78, 5) is 13.8. The van der Waals surface area contributed by atoms with Crippen LogP contribution in [0.4, 0.5) is 30.7 Å². The number of sulfonamides is 1. The van der Waals surface area contributed by atoms with Gasteiger partial charge in [0.2, 0.25) is 0 Å². The molecular weight excluding hydrogens is 459 g/mol. The third-order valence-electron chi connectivity index (χ3n) is 4.77. The molecule has 14 heteroatoms. The third-order valence-corrected chi connectivity index (χ3v) is 5.96. The molecule has 0 spiro atoms. The van der Waals surface area contributed by atoms with Crippen molar-refractivity contribution in [2.45, 2.75) is 24.5 Å². The lowest BCUT2D eigenvalue weighted by molar-refractivity contribution is -0.137. The van der Waals surface area contributed by atoms with E-state index >= 15 is 0 Å². The molecule has 1 aliphatic heterocycles. The van der Waals surface area contributed by atoms with Crippen molar-refractivity contribution in [3.8, 4) is 0 Å². The van der Waals surface area contributed by atoms with Crippen molar-refractivity contribution in [3.63, 3.8) is 0 Å². The van der Waals surface area contributed by atoms with Crippen LogP contribution in [0.5, 0.6) is 0 Å². The summed E-state index contributed by atoms with van der Waals surface area (Å²) in [5.41, 5.74) is -7.10. The van der Waals surface area contributed by atoms with Gasteiger partial charge in [-0.25, -0.2) is 17.5 Å². The fourth-order valence-corrected chi connectivity index (χ4v) is 3.58. The Bertz CT molecular complexity index is 880. The van der Waals surface area contributed by atoms with Crippen LogP contribution in [-0.2, 0) is 16.2 Å². The molecule has 1 fully saturated rings. The number of amides is 1. The maximum Gasteiger partial charge on any atom is 0.511 e. The number of hydrogen-bond donors (Lipinski definition) is 2. The fourth-order valence-electron chi connectivity index (χ4n) is 3.06. The van der Waals surface area contributed by atoms with Crippen LogP contribution in [-0.4, -0.2) is 57.5 Å². The lowest BCUT2D eigenvalue weighted by atomic mass is 9.96. The van der Waals surface area contributed by atoms with Gasteiger partial charge in [0.1, 0.15) is 5.82 Å². The van der Waals surface area contributed by atoms with Crippen LogP contribution in [0.3, 0.4) is 0 Å². The highest BCUT2D eigenvalue weighted by molar-refractivity contribution is 7.90. The first-order valence-electron chi connectivity index (χ1n) is 9.13. The number of carbonyl (C=O) groups is 1. The summed E-state index contributed by atoms with van der Waals surface area (Å²) in [6.07, 6.45) is -3.73. The molecule has 0 bridgehead atoms. The highest BCUT2D eigenvalue weighted by Crippen LogP contribution is 2.30. The van der Waals surface area contributed by atoms with E-state index in [9.17, 15) is 43.9 Å². The van der Waals surface area contributed by atoms with Crippen LogP contribution in [0.2, 0.25) is 0 Å². The molecule has 1 aromatic rings. The zero-order valence-corrected chi connectivity index (χ0v) is 16.8. The number of rotatable bonds is 7. The second-order valence-corrected chi connectivity index (χ2v) is 8.82. The fraction of sp³-hybridized carbons (Fsp3) is 0.588. The largest absolute Gasteiger partial charge is 0.511 e. The highest BCUT2D eigenvalue weighted by atomic mass is 32.2.